The van der Waals surface area contributed by atoms with Crippen LogP contribution in [0.3, 0.4) is 0 Å². The first-order valence-electron chi connectivity index (χ1n) is 9.26. The zero-order chi connectivity index (χ0) is 18.5. The second kappa shape index (κ2) is 6.38. The third-order valence-corrected chi connectivity index (χ3v) is 6.77. The van der Waals surface area contributed by atoms with E-state index in [-0.39, 0.29) is 17.3 Å². The quantitative estimate of drug-likeness (QED) is 0.762. The van der Waals surface area contributed by atoms with Gasteiger partial charge in [0, 0.05) is 35.2 Å². The van der Waals surface area contributed by atoms with Crippen molar-refractivity contribution in [1.82, 2.24) is 4.90 Å². The van der Waals surface area contributed by atoms with Crippen LogP contribution in [-0.4, -0.2) is 35.5 Å². The number of piperidine rings is 1. The second-order valence-electron chi connectivity index (χ2n) is 8.14. The first-order chi connectivity index (χ1) is 12.3. The summed E-state index contributed by atoms with van der Waals surface area (Å²) in [6, 6.07) is 11.2. The summed E-state index contributed by atoms with van der Waals surface area (Å²) in [5.74, 6) is 0.419. The molecule has 0 radical (unpaired) electrons. The van der Waals surface area contributed by atoms with Gasteiger partial charge in [0.1, 0.15) is 5.82 Å². The van der Waals surface area contributed by atoms with Gasteiger partial charge in [-0.2, -0.15) is 0 Å². The van der Waals surface area contributed by atoms with Crippen molar-refractivity contribution in [2.45, 2.75) is 45.2 Å². The fourth-order valence-electron chi connectivity index (χ4n) is 4.78. The van der Waals surface area contributed by atoms with Crippen molar-refractivity contribution in [2.75, 3.05) is 18.0 Å². The molecule has 2 aliphatic heterocycles. The van der Waals surface area contributed by atoms with E-state index >= 15 is 0 Å². The summed E-state index contributed by atoms with van der Waals surface area (Å²) in [5.41, 5.74) is 1.09. The molecule has 0 saturated carbocycles. The Morgan fingerprint density at radius 1 is 1.19 bits per heavy atom. The fraction of sp³-hybridized carbons (Fsp3) is 0.476. The van der Waals surface area contributed by atoms with Gasteiger partial charge in [-0.25, -0.2) is 4.39 Å². The monoisotopic (exact) mass is 372 g/mol. The lowest BCUT2D eigenvalue weighted by molar-refractivity contribution is 0.0672. The summed E-state index contributed by atoms with van der Waals surface area (Å²) in [6.07, 6.45) is 2.00. The molecule has 0 N–H and O–H groups in total. The molecule has 2 saturated heterocycles. The minimum Gasteiger partial charge on any atom is -0.363 e. The van der Waals surface area contributed by atoms with Gasteiger partial charge in [0.05, 0.1) is 4.88 Å². The number of hydrogen-bond acceptors (Lipinski definition) is 3. The summed E-state index contributed by atoms with van der Waals surface area (Å²) >= 11 is 1.58. The number of thiophene rings is 1. The standard InChI is InChI=1S/C21H25FN2OS/c1-14-4-9-19(26-14)20(25)23-11-10-18-15(13-23)12-21(2,3)24(18)17-7-5-16(22)6-8-17/h4-9,15,18H,10-13H2,1-3H3/t15-,18+/m1/s1. The molecular formula is C21H25FN2OS. The molecule has 2 fully saturated rings. The van der Waals surface area contributed by atoms with Crippen LogP contribution >= 0.6 is 11.3 Å². The van der Waals surface area contributed by atoms with Gasteiger partial charge in [-0.15, -0.1) is 11.3 Å². The number of anilines is 1. The Balaban J connectivity index is 1.54. The van der Waals surface area contributed by atoms with E-state index in [4.69, 9.17) is 0 Å². The number of fused-ring (bicyclic) bond motifs is 1. The highest BCUT2D eigenvalue weighted by Crippen LogP contribution is 2.44. The number of amides is 1. The minimum atomic E-state index is -0.200. The first-order valence-corrected chi connectivity index (χ1v) is 10.1. The Bertz CT molecular complexity index is 814. The lowest BCUT2D eigenvalue weighted by Crippen LogP contribution is -2.50. The largest absolute Gasteiger partial charge is 0.363 e. The topological polar surface area (TPSA) is 23.6 Å². The van der Waals surface area contributed by atoms with Crippen LogP contribution in [0.2, 0.25) is 0 Å². The highest BCUT2D eigenvalue weighted by Gasteiger charge is 2.48. The molecule has 2 aliphatic rings. The van der Waals surface area contributed by atoms with Crippen LogP contribution in [-0.2, 0) is 0 Å². The number of aryl methyl sites for hydroxylation is 1. The van der Waals surface area contributed by atoms with Crippen LogP contribution < -0.4 is 4.90 Å². The van der Waals surface area contributed by atoms with Gasteiger partial charge in [-0.1, -0.05) is 0 Å². The summed E-state index contributed by atoms with van der Waals surface area (Å²) in [5, 5.41) is 0. The van der Waals surface area contributed by atoms with Gasteiger partial charge in [-0.05, 0) is 75.9 Å². The van der Waals surface area contributed by atoms with Gasteiger partial charge in [-0.3, -0.25) is 4.79 Å². The molecule has 4 rings (SSSR count). The zero-order valence-electron chi connectivity index (χ0n) is 15.5. The number of rotatable bonds is 2. The van der Waals surface area contributed by atoms with E-state index in [1.807, 2.05) is 36.1 Å². The summed E-state index contributed by atoms with van der Waals surface area (Å²) in [4.78, 5) is 19.3. The van der Waals surface area contributed by atoms with Crippen molar-refractivity contribution in [2.24, 2.45) is 5.92 Å². The summed E-state index contributed by atoms with van der Waals surface area (Å²) < 4.78 is 13.3. The maximum absolute atomic E-state index is 13.3. The van der Waals surface area contributed by atoms with Crippen molar-refractivity contribution in [3.8, 4) is 0 Å². The Morgan fingerprint density at radius 2 is 1.92 bits per heavy atom. The Morgan fingerprint density at radius 3 is 2.58 bits per heavy atom. The number of likely N-dealkylation sites (tertiary alicyclic amines) is 1. The van der Waals surface area contributed by atoms with Gasteiger partial charge in [0.25, 0.3) is 5.91 Å². The van der Waals surface area contributed by atoms with E-state index in [0.29, 0.717) is 12.0 Å². The van der Waals surface area contributed by atoms with Gasteiger partial charge in [0.2, 0.25) is 0 Å². The van der Waals surface area contributed by atoms with Crippen molar-refractivity contribution in [3.05, 3.63) is 52.0 Å². The SMILES string of the molecule is Cc1ccc(C(=O)N2CC[C@H]3[C@@H](C2)CC(C)(C)N3c2ccc(F)cc2)s1. The van der Waals surface area contributed by atoms with E-state index in [1.54, 1.807) is 11.3 Å². The molecule has 2 atom stereocenters. The number of benzene rings is 1. The molecule has 3 nitrogen and oxygen atoms in total. The highest BCUT2D eigenvalue weighted by molar-refractivity contribution is 7.13. The van der Waals surface area contributed by atoms with Crippen molar-refractivity contribution in [1.29, 1.82) is 0 Å². The second-order valence-corrected chi connectivity index (χ2v) is 9.43. The molecule has 138 valence electrons. The average molecular weight is 373 g/mol. The number of carbonyl (C=O) groups is 1. The number of halogens is 1. The molecule has 0 spiro atoms. The number of carbonyl (C=O) groups excluding carboxylic acids is 1. The molecule has 1 aromatic carbocycles. The molecular weight excluding hydrogens is 347 g/mol. The smallest absolute Gasteiger partial charge is 0.263 e. The predicted octanol–water partition coefficient (Wildman–Crippen LogP) is 4.72. The summed E-state index contributed by atoms with van der Waals surface area (Å²) in [6.45, 7) is 8.13. The number of nitrogens with zero attached hydrogens (tertiary/aromatic N) is 2. The molecule has 26 heavy (non-hydrogen) atoms. The Hall–Kier alpha value is -1.88. The lowest BCUT2D eigenvalue weighted by Gasteiger charge is -2.41. The Kier molecular flexibility index (Phi) is 4.30. The van der Waals surface area contributed by atoms with Crippen LogP contribution in [0, 0.1) is 18.7 Å². The molecule has 3 heterocycles. The van der Waals surface area contributed by atoms with E-state index in [2.05, 4.69) is 18.7 Å². The summed E-state index contributed by atoms with van der Waals surface area (Å²) in [7, 11) is 0. The van der Waals surface area contributed by atoms with Crippen LogP contribution in [0.5, 0.6) is 0 Å². The molecule has 0 bridgehead atoms. The lowest BCUT2D eigenvalue weighted by atomic mass is 9.89. The van der Waals surface area contributed by atoms with E-state index in [9.17, 15) is 9.18 Å². The van der Waals surface area contributed by atoms with Crippen LogP contribution in [0.25, 0.3) is 0 Å². The van der Waals surface area contributed by atoms with Crippen LogP contribution in [0.1, 0.15) is 41.2 Å². The first kappa shape index (κ1) is 17.5. The Labute approximate surface area is 158 Å². The fourth-order valence-corrected chi connectivity index (χ4v) is 5.62. The predicted molar refractivity (Wildman–Crippen MR) is 104 cm³/mol. The molecule has 1 amide bonds. The highest BCUT2D eigenvalue weighted by atomic mass is 32.1. The average Bonchev–Trinajstić information content (AvgIpc) is 3.14. The normalized spacial score (nSPS) is 24.6. The van der Waals surface area contributed by atoms with Crippen molar-refractivity contribution >= 4 is 22.9 Å². The zero-order valence-corrected chi connectivity index (χ0v) is 16.4. The molecule has 0 unspecified atom stereocenters. The minimum absolute atomic E-state index is 0.00569. The maximum atomic E-state index is 13.3. The van der Waals surface area contributed by atoms with Crippen LogP contribution in [0.15, 0.2) is 36.4 Å². The van der Waals surface area contributed by atoms with E-state index in [0.717, 1.165) is 36.5 Å². The molecule has 1 aromatic heterocycles. The van der Waals surface area contributed by atoms with Gasteiger partial charge < -0.3 is 9.80 Å². The van der Waals surface area contributed by atoms with Gasteiger partial charge in [0.15, 0.2) is 0 Å². The van der Waals surface area contributed by atoms with Crippen molar-refractivity contribution in [3.63, 3.8) is 0 Å². The molecule has 5 heteroatoms. The van der Waals surface area contributed by atoms with Gasteiger partial charge >= 0.3 is 0 Å². The van der Waals surface area contributed by atoms with E-state index < -0.39 is 0 Å². The third-order valence-electron chi connectivity index (χ3n) is 5.78. The molecule has 0 aliphatic carbocycles. The van der Waals surface area contributed by atoms with Crippen molar-refractivity contribution < 1.29 is 9.18 Å². The van der Waals surface area contributed by atoms with Crippen LogP contribution in [0.4, 0.5) is 10.1 Å². The third kappa shape index (κ3) is 3.02. The maximum Gasteiger partial charge on any atom is 0.263 e. The number of hydrogen-bond donors (Lipinski definition) is 0. The molecule has 2 aromatic rings. The van der Waals surface area contributed by atoms with E-state index in [1.165, 1.54) is 17.0 Å².